The van der Waals surface area contributed by atoms with Crippen molar-refractivity contribution in [3.63, 3.8) is 0 Å². The third-order valence-electron chi connectivity index (χ3n) is 4.73. The van der Waals surface area contributed by atoms with E-state index in [1.54, 1.807) is 6.20 Å². The van der Waals surface area contributed by atoms with E-state index in [2.05, 4.69) is 15.6 Å². The zero-order valence-corrected chi connectivity index (χ0v) is 12.5. The smallest absolute Gasteiger partial charge is 0.307 e. The molecule has 1 aromatic heterocycles. The molecule has 2 N–H and O–H groups in total. The number of oxazole rings is 1. The molecule has 5 heteroatoms. The molecule has 2 fully saturated rings. The molecule has 3 atom stereocenters. The van der Waals surface area contributed by atoms with E-state index < -0.39 is 0 Å². The molecule has 1 amide bonds. The van der Waals surface area contributed by atoms with E-state index in [1.807, 2.05) is 31.2 Å². The molecule has 1 aromatic carbocycles. The fraction of sp³-hybridized carbons (Fsp3) is 0.412. The molecule has 22 heavy (non-hydrogen) atoms. The Labute approximate surface area is 129 Å². The Morgan fingerprint density at radius 3 is 2.95 bits per heavy atom. The first-order chi connectivity index (χ1) is 10.7. The predicted molar refractivity (Wildman–Crippen MR) is 82.5 cm³/mol. The summed E-state index contributed by atoms with van der Waals surface area (Å²) < 4.78 is 5.66. The maximum absolute atomic E-state index is 12.3. The monoisotopic (exact) mass is 297 g/mol. The summed E-state index contributed by atoms with van der Waals surface area (Å²) in [6.07, 6.45) is 4.97. The SMILES string of the molecule is Cc1ccccc1-c1cnc(C(=O)NC2CC3CCC2N3)o1. The lowest BCUT2D eigenvalue weighted by Gasteiger charge is -2.20. The molecule has 2 aliphatic heterocycles. The number of hydrogen-bond acceptors (Lipinski definition) is 4. The van der Waals surface area contributed by atoms with Gasteiger partial charge >= 0.3 is 5.91 Å². The van der Waals surface area contributed by atoms with Gasteiger partial charge in [0.2, 0.25) is 0 Å². The average Bonchev–Trinajstić information content (AvgIpc) is 3.24. The third kappa shape index (κ3) is 2.31. The first-order valence-electron chi connectivity index (χ1n) is 7.79. The van der Waals surface area contributed by atoms with Crippen molar-refractivity contribution in [1.29, 1.82) is 0 Å². The summed E-state index contributed by atoms with van der Waals surface area (Å²) >= 11 is 0. The van der Waals surface area contributed by atoms with Crippen LogP contribution in [-0.4, -0.2) is 29.0 Å². The van der Waals surface area contributed by atoms with Crippen molar-refractivity contribution in [2.24, 2.45) is 0 Å². The molecule has 2 aliphatic rings. The zero-order chi connectivity index (χ0) is 15.1. The standard InChI is InChI=1S/C17H19N3O2/c1-10-4-2-3-5-12(10)15-9-18-17(22-15)16(21)20-14-8-11-6-7-13(14)19-11/h2-5,9,11,13-14,19H,6-8H2,1H3,(H,20,21). The number of benzene rings is 1. The minimum atomic E-state index is -0.223. The van der Waals surface area contributed by atoms with Crippen molar-refractivity contribution >= 4 is 5.91 Å². The van der Waals surface area contributed by atoms with Crippen LogP contribution in [0.25, 0.3) is 11.3 Å². The molecule has 4 rings (SSSR count). The van der Waals surface area contributed by atoms with E-state index in [0.717, 1.165) is 24.0 Å². The van der Waals surface area contributed by atoms with Crippen LogP contribution < -0.4 is 10.6 Å². The number of aromatic nitrogens is 1. The van der Waals surface area contributed by atoms with Crippen LogP contribution >= 0.6 is 0 Å². The minimum absolute atomic E-state index is 0.140. The molecule has 0 spiro atoms. The van der Waals surface area contributed by atoms with E-state index in [1.165, 1.54) is 6.42 Å². The Hall–Kier alpha value is -2.14. The van der Waals surface area contributed by atoms with Crippen molar-refractivity contribution in [1.82, 2.24) is 15.6 Å². The first kappa shape index (κ1) is 13.5. The van der Waals surface area contributed by atoms with Crippen LogP contribution in [0.2, 0.25) is 0 Å². The number of rotatable bonds is 3. The van der Waals surface area contributed by atoms with E-state index in [0.29, 0.717) is 17.8 Å². The van der Waals surface area contributed by atoms with Gasteiger partial charge in [-0.15, -0.1) is 0 Å². The van der Waals surface area contributed by atoms with Crippen LogP contribution in [-0.2, 0) is 0 Å². The van der Waals surface area contributed by atoms with Gasteiger partial charge < -0.3 is 15.1 Å². The minimum Gasteiger partial charge on any atom is -0.432 e. The van der Waals surface area contributed by atoms with Gasteiger partial charge in [0, 0.05) is 23.7 Å². The summed E-state index contributed by atoms with van der Waals surface area (Å²) in [6.45, 7) is 2.01. The Kier molecular flexibility index (Phi) is 3.22. The van der Waals surface area contributed by atoms with Crippen molar-refractivity contribution in [3.8, 4) is 11.3 Å². The summed E-state index contributed by atoms with van der Waals surface area (Å²) in [5.74, 6) is 0.550. The van der Waals surface area contributed by atoms with Crippen molar-refractivity contribution in [2.45, 2.75) is 44.3 Å². The van der Waals surface area contributed by atoms with Crippen LogP contribution in [0, 0.1) is 6.92 Å². The Morgan fingerprint density at radius 2 is 2.23 bits per heavy atom. The summed E-state index contributed by atoms with van der Waals surface area (Å²) in [7, 11) is 0. The van der Waals surface area contributed by atoms with E-state index in [9.17, 15) is 4.79 Å². The van der Waals surface area contributed by atoms with E-state index in [-0.39, 0.29) is 17.8 Å². The average molecular weight is 297 g/mol. The second-order valence-electron chi connectivity index (χ2n) is 6.21. The van der Waals surface area contributed by atoms with Gasteiger partial charge in [0.1, 0.15) is 0 Å². The van der Waals surface area contributed by atoms with Crippen LogP contribution in [0.15, 0.2) is 34.9 Å². The number of nitrogens with one attached hydrogen (secondary N) is 2. The van der Waals surface area contributed by atoms with Gasteiger partial charge in [0.15, 0.2) is 5.76 Å². The van der Waals surface area contributed by atoms with Gasteiger partial charge in [0.25, 0.3) is 5.89 Å². The fourth-order valence-electron chi connectivity index (χ4n) is 3.57. The van der Waals surface area contributed by atoms with Gasteiger partial charge in [-0.2, -0.15) is 0 Å². The van der Waals surface area contributed by atoms with Crippen LogP contribution in [0.3, 0.4) is 0 Å². The lowest BCUT2D eigenvalue weighted by Crippen LogP contribution is -2.43. The lowest BCUT2D eigenvalue weighted by molar-refractivity contribution is 0.0896. The van der Waals surface area contributed by atoms with E-state index in [4.69, 9.17) is 4.42 Å². The molecule has 0 aliphatic carbocycles. The summed E-state index contributed by atoms with van der Waals surface area (Å²) in [6, 6.07) is 9.06. The predicted octanol–water partition coefficient (Wildman–Crippen LogP) is 2.27. The van der Waals surface area contributed by atoms with Gasteiger partial charge in [-0.25, -0.2) is 4.98 Å². The highest BCUT2D eigenvalue weighted by Crippen LogP contribution is 2.29. The second-order valence-corrected chi connectivity index (χ2v) is 6.21. The van der Waals surface area contributed by atoms with E-state index >= 15 is 0 Å². The first-order valence-corrected chi connectivity index (χ1v) is 7.79. The quantitative estimate of drug-likeness (QED) is 0.912. The molecule has 5 nitrogen and oxygen atoms in total. The van der Waals surface area contributed by atoms with Gasteiger partial charge in [-0.1, -0.05) is 24.3 Å². The molecule has 0 radical (unpaired) electrons. The summed E-state index contributed by atoms with van der Waals surface area (Å²) in [5.41, 5.74) is 2.07. The third-order valence-corrected chi connectivity index (χ3v) is 4.73. The molecule has 0 saturated carbocycles. The molecule has 3 unspecified atom stereocenters. The van der Waals surface area contributed by atoms with Crippen LogP contribution in [0.1, 0.15) is 35.5 Å². The number of amides is 1. The van der Waals surface area contributed by atoms with Gasteiger partial charge in [0.05, 0.1) is 6.20 Å². The largest absolute Gasteiger partial charge is 0.432 e. The van der Waals surface area contributed by atoms with Gasteiger partial charge in [-0.3, -0.25) is 4.79 Å². The Bertz CT molecular complexity index is 709. The van der Waals surface area contributed by atoms with Crippen molar-refractivity contribution < 1.29 is 9.21 Å². The molecule has 114 valence electrons. The molecule has 3 heterocycles. The fourth-order valence-corrected chi connectivity index (χ4v) is 3.57. The van der Waals surface area contributed by atoms with Gasteiger partial charge in [-0.05, 0) is 31.7 Å². The summed E-state index contributed by atoms with van der Waals surface area (Å²) in [5, 5.41) is 6.56. The summed E-state index contributed by atoms with van der Waals surface area (Å²) in [4.78, 5) is 16.5. The molecular formula is C17H19N3O2. The number of fused-ring (bicyclic) bond motifs is 2. The highest BCUT2D eigenvalue weighted by molar-refractivity contribution is 5.90. The highest BCUT2D eigenvalue weighted by atomic mass is 16.4. The van der Waals surface area contributed by atoms with Crippen molar-refractivity contribution in [3.05, 3.63) is 41.9 Å². The zero-order valence-electron chi connectivity index (χ0n) is 12.5. The number of nitrogens with zero attached hydrogens (tertiary/aromatic N) is 1. The number of aryl methyl sites for hydroxylation is 1. The number of carbonyl (C=O) groups excluding carboxylic acids is 1. The van der Waals surface area contributed by atoms with Crippen molar-refractivity contribution in [2.75, 3.05) is 0 Å². The van der Waals surface area contributed by atoms with Crippen LogP contribution in [0.5, 0.6) is 0 Å². The molecule has 2 bridgehead atoms. The number of carbonyl (C=O) groups is 1. The maximum atomic E-state index is 12.3. The lowest BCUT2D eigenvalue weighted by atomic mass is 9.95. The second kappa shape index (κ2) is 5.25. The topological polar surface area (TPSA) is 67.2 Å². The highest BCUT2D eigenvalue weighted by Gasteiger charge is 2.40. The van der Waals surface area contributed by atoms with Crippen LogP contribution in [0.4, 0.5) is 0 Å². The maximum Gasteiger partial charge on any atom is 0.307 e. The normalized spacial score (nSPS) is 26.3. The Morgan fingerprint density at radius 1 is 1.36 bits per heavy atom. The molecular weight excluding hydrogens is 278 g/mol. The number of hydrogen-bond donors (Lipinski definition) is 2. The molecule has 2 aromatic rings. The Balaban J connectivity index is 1.49. The molecule has 2 saturated heterocycles.